The number of ether oxygens (including phenoxy) is 2. The molecule has 122 valence electrons. The van der Waals surface area contributed by atoms with Gasteiger partial charge in [-0.2, -0.15) is 5.10 Å². The summed E-state index contributed by atoms with van der Waals surface area (Å²) in [5, 5.41) is 6.75. The predicted octanol–water partition coefficient (Wildman–Crippen LogP) is 0.223. The van der Waals surface area contributed by atoms with E-state index < -0.39 is 0 Å². The molecule has 0 saturated heterocycles. The van der Waals surface area contributed by atoms with Crippen LogP contribution >= 0.6 is 0 Å². The first-order valence-corrected chi connectivity index (χ1v) is 6.99. The molecule has 0 bridgehead atoms. The van der Waals surface area contributed by atoms with Crippen LogP contribution in [-0.2, 0) is 17.8 Å². The molecule has 0 aliphatic rings. The third kappa shape index (κ3) is 4.36. The predicted molar refractivity (Wildman–Crippen MR) is 82.3 cm³/mol. The molecule has 0 unspecified atom stereocenters. The van der Waals surface area contributed by atoms with E-state index in [1.165, 1.54) is 31.0 Å². The Morgan fingerprint density at radius 1 is 1.30 bits per heavy atom. The molecule has 2 aromatic rings. The van der Waals surface area contributed by atoms with Crippen molar-refractivity contribution in [1.82, 2.24) is 20.1 Å². The SMILES string of the molecule is COCCn1nc(C(=O)NCc2cccnc2OC)ccc1=O. The number of hydrogen-bond donors (Lipinski definition) is 1. The lowest BCUT2D eigenvalue weighted by Gasteiger charge is -2.09. The van der Waals surface area contributed by atoms with Crippen LogP contribution in [0.1, 0.15) is 16.1 Å². The number of hydrogen-bond acceptors (Lipinski definition) is 6. The molecule has 0 saturated carbocycles. The average molecular weight is 318 g/mol. The van der Waals surface area contributed by atoms with Gasteiger partial charge < -0.3 is 14.8 Å². The van der Waals surface area contributed by atoms with Crippen LogP contribution in [0.4, 0.5) is 0 Å². The highest BCUT2D eigenvalue weighted by atomic mass is 16.5. The highest BCUT2D eigenvalue weighted by Gasteiger charge is 2.11. The summed E-state index contributed by atoms with van der Waals surface area (Å²) in [4.78, 5) is 27.9. The molecular formula is C15H18N4O4. The molecule has 0 aromatic carbocycles. The van der Waals surface area contributed by atoms with Crippen LogP contribution in [0, 0.1) is 0 Å². The smallest absolute Gasteiger partial charge is 0.271 e. The number of pyridine rings is 1. The minimum atomic E-state index is -0.387. The summed E-state index contributed by atoms with van der Waals surface area (Å²) in [7, 11) is 3.05. The number of rotatable bonds is 7. The molecule has 0 aliphatic carbocycles. The van der Waals surface area contributed by atoms with Crippen LogP contribution in [-0.4, -0.2) is 41.5 Å². The molecule has 0 radical (unpaired) electrons. The Morgan fingerprint density at radius 3 is 2.87 bits per heavy atom. The van der Waals surface area contributed by atoms with E-state index in [1.807, 2.05) is 0 Å². The van der Waals surface area contributed by atoms with Gasteiger partial charge in [-0.1, -0.05) is 6.07 Å². The Labute approximate surface area is 133 Å². The summed E-state index contributed by atoms with van der Waals surface area (Å²) in [6, 6.07) is 6.26. The van der Waals surface area contributed by atoms with Gasteiger partial charge in [-0.05, 0) is 12.1 Å². The van der Waals surface area contributed by atoms with E-state index in [0.29, 0.717) is 12.5 Å². The Kier molecular flexibility index (Phi) is 5.81. The minimum absolute atomic E-state index is 0.156. The third-order valence-electron chi connectivity index (χ3n) is 3.09. The van der Waals surface area contributed by atoms with E-state index in [9.17, 15) is 9.59 Å². The summed E-state index contributed by atoms with van der Waals surface area (Å²) >= 11 is 0. The van der Waals surface area contributed by atoms with Gasteiger partial charge in [-0.3, -0.25) is 9.59 Å². The molecule has 1 N–H and O–H groups in total. The lowest BCUT2D eigenvalue weighted by Crippen LogP contribution is -2.30. The second-order valence-electron chi connectivity index (χ2n) is 4.63. The lowest BCUT2D eigenvalue weighted by atomic mass is 10.2. The second-order valence-corrected chi connectivity index (χ2v) is 4.63. The normalized spacial score (nSPS) is 10.3. The maximum atomic E-state index is 12.2. The summed E-state index contributed by atoms with van der Waals surface area (Å²) in [5.74, 6) is 0.0629. The molecule has 0 aliphatic heterocycles. The first-order valence-electron chi connectivity index (χ1n) is 6.99. The Bertz CT molecular complexity index is 729. The molecule has 23 heavy (non-hydrogen) atoms. The molecule has 8 heteroatoms. The molecule has 2 aromatic heterocycles. The van der Waals surface area contributed by atoms with Gasteiger partial charge in [0.05, 0.1) is 20.3 Å². The Hall–Kier alpha value is -2.74. The quantitative estimate of drug-likeness (QED) is 0.785. The fourth-order valence-corrected chi connectivity index (χ4v) is 1.92. The van der Waals surface area contributed by atoms with Gasteiger partial charge in [0.25, 0.3) is 11.5 Å². The van der Waals surface area contributed by atoms with Crippen molar-refractivity contribution in [2.75, 3.05) is 20.8 Å². The molecule has 2 rings (SSSR count). The van der Waals surface area contributed by atoms with Crippen LogP contribution in [0.25, 0.3) is 0 Å². The fourth-order valence-electron chi connectivity index (χ4n) is 1.92. The maximum absolute atomic E-state index is 12.2. The summed E-state index contributed by atoms with van der Waals surface area (Å²) in [6.45, 7) is 0.868. The molecule has 0 atom stereocenters. The lowest BCUT2D eigenvalue weighted by molar-refractivity contribution is 0.0942. The van der Waals surface area contributed by atoms with E-state index in [2.05, 4.69) is 15.4 Å². The summed E-state index contributed by atoms with van der Waals surface area (Å²) in [6.07, 6.45) is 1.61. The summed E-state index contributed by atoms with van der Waals surface area (Å²) in [5.41, 5.74) is 0.618. The van der Waals surface area contributed by atoms with Gasteiger partial charge in [-0.25, -0.2) is 9.67 Å². The number of carbonyl (C=O) groups excluding carboxylic acids is 1. The zero-order valence-electron chi connectivity index (χ0n) is 13.0. The topological polar surface area (TPSA) is 95.3 Å². The van der Waals surface area contributed by atoms with Crippen LogP contribution in [0.2, 0.25) is 0 Å². The number of methoxy groups -OCH3 is 2. The van der Waals surface area contributed by atoms with Gasteiger partial charge in [0.1, 0.15) is 5.69 Å². The average Bonchev–Trinajstić information content (AvgIpc) is 2.59. The molecule has 0 fully saturated rings. The van der Waals surface area contributed by atoms with Crippen molar-refractivity contribution in [3.8, 4) is 5.88 Å². The van der Waals surface area contributed by atoms with Crippen LogP contribution < -0.4 is 15.6 Å². The van der Waals surface area contributed by atoms with Crippen molar-refractivity contribution in [2.45, 2.75) is 13.1 Å². The van der Waals surface area contributed by atoms with E-state index in [4.69, 9.17) is 9.47 Å². The van der Waals surface area contributed by atoms with Crippen molar-refractivity contribution in [2.24, 2.45) is 0 Å². The van der Waals surface area contributed by atoms with Gasteiger partial charge in [0.15, 0.2) is 0 Å². The standard InChI is InChI=1S/C15H18N4O4/c1-22-9-8-19-13(20)6-5-12(18-19)14(21)17-10-11-4-3-7-16-15(11)23-2/h3-7H,8-10H2,1-2H3,(H,17,21). The first kappa shape index (κ1) is 16.6. The third-order valence-corrected chi connectivity index (χ3v) is 3.09. The largest absolute Gasteiger partial charge is 0.481 e. The Balaban J connectivity index is 2.07. The summed E-state index contributed by atoms with van der Waals surface area (Å²) < 4.78 is 11.2. The zero-order valence-corrected chi connectivity index (χ0v) is 13.0. The van der Waals surface area contributed by atoms with E-state index in [1.54, 1.807) is 18.3 Å². The van der Waals surface area contributed by atoms with Gasteiger partial charge >= 0.3 is 0 Å². The molecular weight excluding hydrogens is 300 g/mol. The first-order chi connectivity index (χ1) is 11.2. The van der Waals surface area contributed by atoms with Crippen molar-refractivity contribution in [3.63, 3.8) is 0 Å². The highest BCUT2D eigenvalue weighted by Crippen LogP contribution is 2.12. The van der Waals surface area contributed by atoms with Crippen molar-refractivity contribution >= 4 is 5.91 Å². The number of nitrogens with one attached hydrogen (secondary N) is 1. The molecule has 8 nitrogen and oxygen atoms in total. The number of nitrogens with zero attached hydrogens (tertiary/aromatic N) is 3. The van der Waals surface area contributed by atoms with Crippen LogP contribution in [0.5, 0.6) is 5.88 Å². The van der Waals surface area contributed by atoms with Gasteiger partial charge in [-0.15, -0.1) is 0 Å². The van der Waals surface area contributed by atoms with Crippen LogP contribution in [0.3, 0.4) is 0 Å². The van der Waals surface area contributed by atoms with Crippen molar-refractivity contribution in [3.05, 3.63) is 52.1 Å². The van der Waals surface area contributed by atoms with Gasteiger partial charge in [0.2, 0.25) is 5.88 Å². The van der Waals surface area contributed by atoms with E-state index in [-0.39, 0.29) is 30.2 Å². The molecule has 2 heterocycles. The maximum Gasteiger partial charge on any atom is 0.271 e. The Morgan fingerprint density at radius 2 is 2.13 bits per heavy atom. The van der Waals surface area contributed by atoms with E-state index in [0.717, 1.165) is 5.56 Å². The molecule has 1 amide bonds. The van der Waals surface area contributed by atoms with Crippen molar-refractivity contribution < 1.29 is 14.3 Å². The second kappa shape index (κ2) is 8.04. The fraction of sp³-hybridized carbons (Fsp3) is 0.333. The molecule has 0 spiro atoms. The van der Waals surface area contributed by atoms with Crippen molar-refractivity contribution in [1.29, 1.82) is 0 Å². The zero-order chi connectivity index (χ0) is 16.7. The number of amides is 1. The van der Waals surface area contributed by atoms with Crippen LogP contribution in [0.15, 0.2) is 35.3 Å². The highest BCUT2D eigenvalue weighted by molar-refractivity contribution is 5.91. The number of carbonyl (C=O) groups is 1. The number of aromatic nitrogens is 3. The van der Waals surface area contributed by atoms with E-state index >= 15 is 0 Å². The monoisotopic (exact) mass is 318 g/mol. The van der Waals surface area contributed by atoms with Gasteiger partial charge in [0, 0.05) is 31.5 Å². The minimum Gasteiger partial charge on any atom is -0.481 e.